The molecule has 2 heterocycles. The van der Waals surface area contributed by atoms with E-state index < -0.39 is 12.0 Å². The summed E-state index contributed by atoms with van der Waals surface area (Å²) in [5, 5.41) is 19.4. The van der Waals surface area contributed by atoms with Gasteiger partial charge >= 0.3 is 5.97 Å². The molecule has 214 valence electrons. The zero-order valence-corrected chi connectivity index (χ0v) is 25.1. The molecule has 1 aromatic heterocycles. The first kappa shape index (κ1) is 29.6. The molecule has 1 fully saturated rings. The van der Waals surface area contributed by atoms with Crippen LogP contribution >= 0.6 is 27.5 Å². The van der Waals surface area contributed by atoms with Crippen molar-refractivity contribution in [3.05, 3.63) is 111 Å². The Bertz CT molecular complexity index is 1610. The second kappa shape index (κ2) is 13.8. The van der Waals surface area contributed by atoms with E-state index in [1.54, 1.807) is 30.5 Å². The number of carboxylic acid groups (broad SMARTS) is 1. The van der Waals surface area contributed by atoms with E-state index in [2.05, 4.69) is 39.1 Å². The van der Waals surface area contributed by atoms with Crippen LogP contribution in [0.3, 0.4) is 0 Å². The van der Waals surface area contributed by atoms with Crippen LogP contribution < -0.4 is 9.47 Å². The third-order valence-corrected chi connectivity index (χ3v) is 8.50. The molecular weight excluding hydrogens is 618 g/mol. The number of aromatic nitrogens is 1. The number of hydrogen-bond acceptors (Lipinski definition) is 6. The fourth-order valence-corrected chi connectivity index (χ4v) is 5.95. The second-order valence-corrected chi connectivity index (χ2v) is 11.3. The van der Waals surface area contributed by atoms with Gasteiger partial charge in [-0.25, -0.2) is 4.98 Å². The Balaban J connectivity index is 1.41. The molecule has 0 aliphatic carbocycles. The van der Waals surface area contributed by atoms with Crippen LogP contribution in [0.25, 0.3) is 11.1 Å². The molecule has 3 aromatic carbocycles. The van der Waals surface area contributed by atoms with Gasteiger partial charge in [0.15, 0.2) is 0 Å². The zero-order chi connectivity index (χ0) is 29.5. The first-order valence-electron chi connectivity index (χ1n) is 13.7. The molecule has 0 saturated carbocycles. The summed E-state index contributed by atoms with van der Waals surface area (Å²) in [5.41, 5.74) is 4.97. The second-order valence-electron chi connectivity index (χ2n) is 10.1. The Morgan fingerprint density at radius 3 is 2.62 bits per heavy atom. The highest BCUT2D eigenvalue weighted by Gasteiger charge is 2.29. The van der Waals surface area contributed by atoms with Crippen LogP contribution in [0.4, 0.5) is 0 Å². The molecule has 1 N–H and O–H groups in total. The van der Waals surface area contributed by atoms with E-state index >= 15 is 0 Å². The van der Waals surface area contributed by atoms with Crippen molar-refractivity contribution in [3.8, 4) is 28.7 Å². The lowest BCUT2D eigenvalue weighted by Crippen LogP contribution is -2.44. The molecule has 5 rings (SSSR count). The number of hydrogen-bond donors (Lipinski definition) is 1. The molecule has 0 spiro atoms. The Morgan fingerprint density at radius 2 is 1.83 bits per heavy atom. The number of rotatable bonds is 10. The van der Waals surface area contributed by atoms with Crippen molar-refractivity contribution in [3.63, 3.8) is 0 Å². The Kier molecular flexibility index (Phi) is 9.75. The molecule has 1 atom stereocenters. The quantitative estimate of drug-likeness (QED) is 0.189. The molecule has 4 aromatic rings. The van der Waals surface area contributed by atoms with Gasteiger partial charge in [-0.1, -0.05) is 66.6 Å². The van der Waals surface area contributed by atoms with Crippen LogP contribution in [0, 0.1) is 11.3 Å². The number of aliphatic carboxylic acids is 1. The Labute approximate surface area is 258 Å². The van der Waals surface area contributed by atoms with Crippen molar-refractivity contribution in [2.24, 2.45) is 0 Å². The average molecular weight is 647 g/mol. The maximum atomic E-state index is 11.9. The average Bonchev–Trinajstić information content (AvgIpc) is 3.01. The highest BCUT2D eigenvalue weighted by molar-refractivity contribution is 9.10. The minimum atomic E-state index is -0.827. The molecule has 0 unspecified atom stereocenters. The third-order valence-electron chi connectivity index (χ3n) is 7.27. The summed E-state index contributed by atoms with van der Waals surface area (Å²) >= 11 is 10.5. The monoisotopic (exact) mass is 645 g/mol. The van der Waals surface area contributed by atoms with Gasteiger partial charge in [-0.05, 0) is 70.2 Å². The number of ether oxygens (including phenoxy) is 2. The van der Waals surface area contributed by atoms with Gasteiger partial charge < -0.3 is 14.6 Å². The van der Waals surface area contributed by atoms with Crippen LogP contribution in [0.5, 0.6) is 11.5 Å². The minimum Gasteiger partial charge on any atom is -0.488 e. The van der Waals surface area contributed by atoms with Gasteiger partial charge in [-0.2, -0.15) is 5.26 Å². The van der Waals surface area contributed by atoms with E-state index in [1.807, 2.05) is 41.3 Å². The highest BCUT2D eigenvalue weighted by atomic mass is 79.9. The Hall–Kier alpha value is -3.90. The van der Waals surface area contributed by atoms with Gasteiger partial charge in [0.2, 0.25) is 0 Å². The largest absolute Gasteiger partial charge is 0.488 e. The maximum absolute atomic E-state index is 11.9. The van der Waals surface area contributed by atoms with E-state index in [-0.39, 0.29) is 13.2 Å². The van der Waals surface area contributed by atoms with E-state index in [0.717, 1.165) is 45.1 Å². The van der Waals surface area contributed by atoms with Gasteiger partial charge in [-0.15, -0.1) is 0 Å². The SMILES string of the molecule is N#Cc1cc(COc2cc(OCc3cccc(-c4ccccc4)c3Br)c(Cl)cc2CN2CCCC[C@H]2C(=O)O)ccn1. The fourth-order valence-electron chi connectivity index (χ4n) is 5.10. The van der Waals surface area contributed by atoms with Crippen molar-refractivity contribution in [1.82, 2.24) is 9.88 Å². The van der Waals surface area contributed by atoms with Crippen molar-refractivity contribution in [2.45, 2.75) is 45.1 Å². The molecule has 7 nitrogen and oxygen atoms in total. The van der Waals surface area contributed by atoms with Gasteiger partial charge in [0.05, 0.1) is 5.02 Å². The third kappa shape index (κ3) is 7.11. The van der Waals surface area contributed by atoms with E-state index in [0.29, 0.717) is 41.7 Å². The number of carboxylic acids is 1. The zero-order valence-electron chi connectivity index (χ0n) is 22.8. The normalized spacial score (nSPS) is 15.1. The molecule has 1 aliphatic rings. The number of nitrogens with zero attached hydrogens (tertiary/aromatic N) is 3. The van der Waals surface area contributed by atoms with Gasteiger partial charge in [0.1, 0.15) is 42.5 Å². The van der Waals surface area contributed by atoms with Gasteiger partial charge in [0.25, 0.3) is 0 Å². The van der Waals surface area contributed by atoms with Crippen LogP contribution in [0.1, 0.15) is 41.6 Å². The Morgan fingerprint density at radius 1 is 1.02 bits per heavy atom. The highest BCUT2D eigenvalue weighted by Crippen LogP contribution is 2.37. The lowest BCUT2D eigenvalue weighted by Gasteiger charge is -2.33. The number of likely N-dealkylation sites (tertiary alicyclic amines) is 1. The van der Waals surface area contributed by atoms with Gasteiger partial charge in [-0.3, -0.25) is 9.69 Å². The fraction of sp³-hybridized carbons (Fsp3) is 0.242. The van der Waals surface area contributed by atoms with Crippen LogP contribution in [-0.4, -0.2) is 33.5 Å². The van der Waals surface area contributed by atoms with Gasteiger partial charge in [0, 0.05) is 34.4 Å². The van der Waals surface area contributed by atoms with Crippen LogP contribution in [0.15, 0.2) is 83.5 Å². The minimum absolute atomic E-state index is 0.193. The molecular formula is C33H29BrClN3O4. The molecule has 1 saturated heterocycles. The molecule has 0 amide bonds. The summed E-state index contributed by atoms with van der Waals surface area (Å²) in [6.45, 7) is 1.51. The molecule has 0 radical (unpaired) electrons. The number of piperidine rings is 1. The van der Waals surface area contributed by atoms with Crippen LogP contribution in [-0.2, 0) is 24.6 Å². The number of pyridine rings is 1. The predicted octanol–water partition coefficient (Wildman–Crippen LogP) is 7.63. The maximum Gasteiger partial charge on any atom is 0.320 e. The van der Waals surface area contributed by atoms with Crippen molar-refractivity contribution < 1.29 is 19.4 Å². The number of halogens is 2. The topological polar surface area (TPSA) is 95.7 Å². The summed E-state index contributed by atoms with van der Waals surface area (Å²) in [7, 11) is 0. The lowest BCUT2D eigenvalue weighted by molar-refractivity contribution is -0.144. The summed E-state index contributed by atoms with van der Waals surface area (Å²) in [6, 6.07) is 24.7. The van der Waals surface area contributed by atoms with E-state index in [9.17, 15) is 15.2 Å². The summed E-state index contributed by atoms with van der Waals surface area (Å²) in [5.74, 6) is 0.164. The predicted molar refractivity (Wildman–Crippen MR) is 164 cm³/mol. The summed E-state index contributed by atoms with van der Waals surface area (Å²) < 4.78 is 13.4. The molecule has 0 bridgehead atoms. The number of nitriles is 1. The summed E-state index contributed by atoms with van der Waals surface area (Å²) in [4.78, 5) is 17.9. The molecule has 9 heteroatoms. The number of benzene rings is 3. The van der Waals surface area contributed by atoms with Crippen molar-refractivity contribution in [2.75, 3.05) is 6.54 Å². The van der Waals surface area contributed by atoms with Crippen LogP contribution in [0.2, 0.25) is 5.02 Å². The van der Waals surface area contributed by atoms with Crippen molar-refractivity contribution >= 4 is 33.5 Å². The lowest BCUT2D eigenvalue weighted by atomic mass is 10.0. The summed E-state index contributed by atoms with van der Waals surface area (Å²) in [6.07, 6.45) is 3.99. The molecule has 1 aliphatic heterocycles. The van der Waals surface area contributed by atoms with E-state index in [4.69, 9.17) is 21.1 Å². The van der Waals surface area contributed by atoms with E-state index in [1.165, 1.54) is 0 Å². The van der Waals surface area contributed by atoms with Crippen molar-refractivity contribution in [1.29, 1.82) is 5.26 Å². The first-order chi connectivity index (χ1) is 20.4. The smallest absolute Gasteiger partial charge is 0.320 e. The standard InChI is InChI=1S/C33H29BrClN3O4/c34-32-24(9-6-10-27(32)23-7-2-1-3-8-23)21-42-31-17-30(41-20-22-12-13-37-26(15-22)18-36)25(16-28(31)35)19-38-14-5-4-11-29(38)33(39)40/h1-3,6-10,12-13,15-17,29H,4-5,11,14,19-21H2,(H,39,40)/t29-/m0/s1. The molecule has 42 heavy (non-hydrogen) atoms. The number of carbonyl (C=O) groups is 1. The first-order valence-corrected chi connectivity index (χ1v) is 14.8.